The molecular weight excluding hydrogens is 497 g/mol. The van der Waals surface area contributed by atoms with Crippen LogP contribution >= 0.6 is 45.8 Å². The smallest absolute Gasteiger partial charge is 0.277 e. The average Bonchev–Trinajstić information content (AvgIpc) is 3.39. The normalized spacial score (nSPS) is 14.8. The van der Waals surface area contributed by atoms with Crippen molar-refractivity contribution < 1.29 is 19.1 Å². The molecule has 1 saturated carbocycles. The molecule has 138 valence electrons. The van der Waals surface area contributed by atoms with Gasteiger partial charge in [0, 0.05) is 3.57 Å². The molecule has 9 heteroatoms. The first kappa shape index (κ1) is 19.6. The molecule has 1 aliphatic carbocycles. The fourth-order valence-electron chi connectivity index (χ4n) is 2.22. The summed E-state index contributed by atoms with van der Waals surface area (Å²) >= 11 is 14.1. The number of amides is 1. The van der Waals surface area contributed by atoms with Crippen molar-refractivity contribution in [2.75, 3.05) is 11.9 Å². The van der Waals surface area contributed by atoms with Crippen molar-refractivity contribution in [1.82, 2.24) is 5.48 Å². The van der Waals surface area contributed by atoms with Crippen molar-refractivity contribution in [3.8, 4) is 0 Å². The number of benzene rings is 2. The molecular formula is C17H14Cl2FIN2O3. The summed E-state index contributed by atoms with van der Waals surface area (Å²) in [5, 5.41) is 12.4. The first-order valence-electron chi connectivity index (χ1n) is 7.64. The lowest BCUT2D eigenvalue weighted by atomic mass is 10.1. The molecule has 0 unspecified atom stereocenters. The van der Waals surface area contributed by atoms with E-state index in [2.05, 4.69) is 33.4 Å². The molecule has 3 N–H and O–H groups in total. The molecule has 1 aliphatic rings. The molecule has 0 saturated heterocycles. The number of aliphatic hydroxyl groups is 1. The Morgan fingerprint density at radius 1 is 1.23 bits per heavy atom. The predicted octanol–water partition coefficient (Wildman–Crippen LogP) is 4.67. The highest BCUT2D eigenvalue weighted by atomic mass is 127. The van der Waals surface area contributed by atoms with Crippen LogP contribution in [0.5, 0.6) is 0 Å². The van der Waals surface area contributed by atoms with Crippen LogP contribution in [0.1, 0.15) is 23.2 Å². The standard InChI is InChI=1S/C17H14Cl2FIN2O3/c18-11-6-10(16(25)23-26-17(8-24)3-4-17)15(7-13(11)20)22-14-2-1-9(21)5-12(14)19/h1-2,5-7,22,24H,3-4,8H2,(H,23,25). The van der Waals surface area contributed by atoms with Crippen LogP contribution in [0.2, 0.25) is 10.0 Å². The molecule has 2 aromatic carbocycles. The van der Waals surface area contributed by atoms with Gasteiger partial charge in [0.05, 0.1) is 33.6 Å². The minimum Gasteiger partial charge on any atom is -0.393 e. The first-order chi connectivity index (χ1) is 12.3. The van der Waals surface area contributed by atoms with Gasteiger partial charge in [-0.15, -0.1) is 0 Å². The third kappa shape index (κ3) is 4.40. The van der Waals surface area contributed by atoms with E-state index < -0.39 is 17.3 Å². The van der Waals surface area contributed by atoms with Crippen molar-refractivity contribution in [2.45, 2.75) is 18.4 Å². The molecule has 1 amide bonds. The van der Waals surface area contributed by atoms with E-state index in [0.29, 0.717) is 23.6 Å². The van der Waals surface area contributed by atoms with Gasteiger partial charge in [-0.3, -0.25) is 9.63 Å². The highest BCUT2D eigenvalue weighted by molar-refractivity contribution is 14.1. The summed E-state index contributed by atoms with van der Waals surface area (Å²) in [7, 11) is 0. The lowest BCUT2D eigenvalue weighted by Gasteiger charge is -2.17. The minimum atomic E-state index is -0.730. The van der Waals surface area contributed by atoms with Gasteiger partial charge in [-0.2, -0.15) is 0 Å². The van der Waals surface area contributed by atoms with Crippen LogP contribution in [-0.4, -0.2) is 23.2 Å². The van der Waals surface area contributed by atoms with E-state index in [9.17, 15) is 14.3 Å². The summed E-state index contributed by atoms with van der Waals surface area (Å²) in [6.07, 6.45) is 1.30. The SMILES string of the molecule is O=C(NOC1(CO)CC1)c1cc(Cl)c(F)cc1Nc1ccc(I)cc1Cl. The summed E-state index contributed by atoms with van der Waals surface area (Å²) < 4.78 is 14.9. The van der Waals surface area contributed by atoms with E-state index >= 15 is 0 Å². The largest absolute Gasteiger partial charge is 0.393 e. The van der Waals surface area contributed by atoms with Crippen molar-refractivity contribution in [2.24, 2.45) is 0 Å². The van der Waals surface area contributed by atoms with E-state index in [4.69, 9.17) is 28.0 Å². The number of halogens is 4. The Hall–Kier alpha value is -1.13. The molecule has 5 nitrogen and oxygen atoms in total. The fraction of sp³-hybridized carbons (Fsp3) is 0.235. The Morgan fingerprint density at radius 3 is 2.58 bits per heavy atom. The lowest BCUT2D eigenvalue weighted by Crippen LogP contribution is -2.33. The highest BCUT2D eigenvalue weighted by Gasteiger charge is 2.45. The molecule has 0 atom stereocenters. The van der Waals surface area contributed by atoms with Gasteiger partial charge in [0.15, 0.2) is 0 Å². The Bertz CT molecular complexity index is 862. The topological polar surface area (TPSA) is 70.6 Å². The van der Waals surface area contributed by atoms with Crippen LogP contribution in [0.3, 0.4) is 0 Å². The van der Waals surface area contributed by atoms with E-state index in [1.165, 1.54) is 6.07 Å². The molecule has 0 aromatic heterocycles. The number of aliphatic hydroxyl groups excluding tert-OH is 1. The second-order valence-electron chi connectivity index (χ2n) is 5.94. The zero-order valence-electron chi connectivity index (χ0n) is 13.3. The molecule has 0 heterocycles. The number of hydrogen-bond acceptors (Lipinski definition) is 4. The predicted molar refractivity (Wildman–Crippen MR) is 106 cm³/mol. The summed E-state index contributed by atoms with van der Waals surface area (Å²) in [6.45, 7) is -0.194. The van der Waals surface area contributed by atoms with Gasteiger partial charge in [-0.25, -0.2) is 9.87 Å². The number of hydroxylamine groups is 1. The van der Waals surface area contributed by atoms with Crippen molar-refractivity contribution in [3.05, 3.63) is 55.3 Å². The maximum absolute atomic E-state index is 13.9. The van der Waals surface area contributed by atoms with Gasteiger partial charge < -0.3 is 10.4 Å². The number of hydrogen-bond donors (Lipinski definition) is 3. The van der Waals surface area contributed by atoms with Gasteiger partial charge in [-0.05, 0) is 65.8 Å². The van der Waals surface area contributed by atoms with Crippen LogP contribution < -0.4 is 10.8 Å². The van der Waals surface area contributed by atoms with Crippen LogP contribution in [-0.2, 0) is 4.84 Å². The second-order valence-corrected chi connectivity index (χ2v) is 8.00. The maximum Gasteiger partial charge on any atom is 0.277 e. The number of carbonyl (C=O) groups is 1. The summed E-state index contributed by atoms with van der Waals surface area (Å²) in [4.78, 5) is 17.8. The maximum atomic E-state index is 13.9. The first-order valence-corrected chi connectivity index (χ1v) is 9.47. The number of carbonyl (C=O) groups excluding carboxylic acids is 1. The molecule has 0 radical (unpaired) electrons. The molecule has 26 heavy (non-hydrogen) atoms. The van der Waals surface area contributed by atoms with E-state index in [1.54, 1.807) is 12.1 Å². The third-order valence-electron chi connectivity index (χ3n) is 3.96. The second kappa shape index (κ2) is 7.85. The van der Waals surface area contributed by atoms with Crippen LogP contribution in [0.25, 0.3) is 0 Å². The van der Waals surface area contributed by atoms with Crippen LogP contribution in [0, 0.1) is 9.39 Å². The van der Waals surface area contributed by atoms with E-state index in [1.807, 2.05) is 6.07 Å². The quantitative estimate of drug-likeness (QED) is 0.390. The van der Waals surface area contributed by atoms with Gasteiger partial charge >= 0.3 is 0 Å². The van der Waals surface area contributed by atoms with Crippen LogP contribution in [0.4, 0.5) is 15.8 Å². The zero-order chi connectivity index (χ0) is 18.9. The van der Waals surface area contributed by atoms with Gasteiger partial charge in [0.1, 0.15) is 11.4 Å². The molecule has 1 fully saturated rings. The zero-order valence-corrected chi connectivity index (χ0v) is 17.0. The van der Waals surface area contributed by atoms with Crippen molar-refractivity contribution in [3.63, 3.8) is 0 Å². The summed E-state index contributed by atoms with van der Waals surface area (Å²) in [5.41, 5.74) is 2.35. The van der Waals surface area contributed by atoms with Crippen LogP contribution in [0.15, 0.2) is 30.3 Å². The monoisotopic (exact) mass is 510 g/mol. The lowest BCUT2D eigenvalue weighted by molar-refractivity contribution is -0.0566. The van der Waals surface area contributed by atoms with Crippen molar-refractivity contribution >= 4 is 63.1 Å². The molecule has 0 spiro atoms. The summed E-state index contributed by atoms with van der Waals surface area (Å²) in [6, 6.07) is 7.60. The number of rotatable bonds is 6. The Balaban J connectivity index is 1.86. The van der Waals surface area contributed by atoms with E-state index in [0.717, 1.165) is 9.64 Å². The highest BCUT2D eigenvalue weighted by Crippen LogP contribution is 2.38. The minimum absolute atomic E-state index is 0.0831. The van der Waals surface area contributed by atoms with Crippen molar-refractivity contribution in [1.29, 1.82) is 0 Å². The Labute approximate surface area is 172 Å². The fourth-order valence-corrected chi connectivity index (χ4v) is 3.28. The third-order valence-corrected chi connectivity index (χ3v) is 5.23. The Morgan fingerprint density at radius 2 is 1.96 bits per heavy atom. The van der Waals surface area contributed by atoms with E-state index in [-0.39, 0.29) is 22.9 Å². The van der Waals surface area contributed by atoms with Gasteiger partial charge in [0.25, 0.3) is 5.91 Å². The summed E-state index contributed by atoms with van der Waals surface area (Å²) in [5.74, 6) is -1.29. The number of anilines is 2. The average molecular weight is 511 g/mol. The number of nitrogens with one attached hydrogen (secondary N) is 2. The molecule has 3 rings (SSSR count). The van der Waals surface area contributed by atoms with Gasteiger partial charge in [-0.1, -0.05) is 23.2 Å². The Kier molecular flexibility index (Phi) is 5.93. The molecule has 0 aliphatic heterocycles. The molecule has 0 bridgehead atoms. The molecule has 2 aromatic rings. The van der Waals surface area contributed by atoms with Gasteiger partial charge in [0.2, 0.25) is 0 Å².